The molecular formula is C14H17BrN4S. The topological polar surface area (TPSA) is 34.0 Å². The summed E-state index contributed by atoms with van der Waals surface area (Å²) >= 11 is 5.21. The van der Waals surface area contributed by atoms with Gasteiger partial charge in [0.05, 0.1) is 12.5 Å². The van der Waals surface area contributed by atoms with Crippen molar-refractivity contribution in [2.45, 2.75) is 38.1 Å². The molecule has 0 fully saturated rings. The maximum absolute atomic E-state index is 4.36. The van der Waals surface area contributed by atoms with Gasteiger partial charge in [-0.2, -0.15) is 0 Å². The highest BCUT2D eigenvalue weighted by Crippen LogP contribution is 2.32. The average Bonchev–Trinajstić information content (AvgIpc) is 2.81. The molecule has 1 aliphatic heterocycles. The second kappa shape index (κ2) is 5.16. The number of fused-ring (bicyclic) bond motifs is 1. The van der Waals surface area contributed by atoms with E-state index in [1.54, 1.807) is 11.8 Å². The fraction of sp³-hybridized carbons (Fsp3) is 0.429. The number of rotatable bonds is 1. The zero-order chi connectivity index (χ0) is 14.3. The lowest BCUT2D eigenvalue weighted by molar-refractivity contribution is 0.115. The first kappa shape index (κ1) is 14.1. The van der Waals surface area contributed by atoms with E-state index in [2.05, 4.69) is 68.5 Å². The summed E-state index contributed by atoms with van der Waals surface area (Å²) in [5, 5.41) is 9.68. The molecule has 0 spiro atoms. The molecule has 1 aromatic heterocycles. The Hall–Kier alpha value is -0.850. The molecule has 1 aromatic carbocycles. The smallest absolute Gasteiger partial charge is 0.193 e. The summed E-state index contributed by atoms with van der Waals surface area (Å²) in [6, 6.07) is 8.22. The zero-order valence-electron chi connectivity index (χ0n) is 11.8. The highest BCUT2D eigenvalue weighted by atomic mass is 79.9. The van der Waals surface area contributed by atoms with Gasteiger partial charge in [0, 0.05) is 15.6 Å². The van der Waals surface area contributed by atoms with Crippen LogP contribution in [-0.4, -0.2) is 31.1 Å². The van der Waals surface area contributed by atoms with Crippen molar-refractivity contribution in [2.24, 2.45) is 0 Å². The summed E-state index contributed by atoms with van der Waals surface area (Å²) in [5.74, 6) is 1.90. The summed E-state index contributed by atoms with van der Waals surface area (Å²) in [5.41, 5.74) is 1.25. The van der Waals surface area contributed by atoms with Gasteiger partial charge in [0.2, 0.25) is 0 Å². The van der Waals surface area contributed by atoms with Crippen LogP contribution in [0.1, 0.15) is 20.8 Å². The van der Waals surface area contributed by atoms with Crippen LogP contribution in [0.4, 0.5) is 0 Å². The molecule has 0 aliphatic carbocycles. The van der Waals surface area contributed by atoms with E-state index in [0.717, 1.165) is 33.6 Å². The summed E-state index contributed by atoms with van der Waals surface area (Å²) in [6.45, 7) is 7.55. The Morgan fingerprint density at radius 1 is 1.15 bits per heavy atom. The molecule has 0 atom stereocenters. The molecule has 0 radical (unpaired) electrons. The van der Waals surface area contributed by atoms with Crippen molar-refractivity contribution in [3.8, 4) is 11.4 Å². The Balaban J connectivity index is 1.97. The van der Waals surface area contributed by atoms with Crippen LogP contribution in [-0.2, 0) is 6.67 Å². The van der Waals surface area contributed by atoms with E-state index in [0.29, 0.717) is 0 Å². The number of hydrogen-bond acceptors (Lipinski definition) is 4. The molecule has 0 amide bonds. The highest BCUT2D eigenvalue weighted by molar-refractivity contribution is 9.10. The van der Waals surface area contributed by atoms with Crippen molar-refractivity contribution >= 4 is 27.7 Å². The van der Waals surface area contributed by atoms with E-state index in [9.17, 15) is 0 Å². The van der Waals surface area contributed by atoms with Crippen LogP contribution in [0, 0.1) is 0 Å². The normalized spacial score (nSPS) is 16.2. The molecule has 1 aliphatic rings. The third-order valence-corrected chi connectivity index (χ3v) is 4.96. The van der Waals surface area contributed by atoms with Crippen LogP contribution < -0.4 is 0 Å². The van der Waals surface area contributed by atoms with E-state index in [1.807, 2.05) is 12.1 Å². The quantitative estimate of drug-likeness (QED) is 0.780. The average molecular weight is 353 g/mol. The van der Waals surface area contributed by atoms with Gasteiger partial charge < -0.3 is 0 Å². The fourth-order valence-corrected chi connectivity index (χ4v) is 3.49. The van der Waals surface area contributed by atoms with Gasteiger partial charge in [-0.25, -0.2) is 0 Å². The zero-order valence-corrected chi connectivity index (χ0v) is 14.2. The molecule has 2 heterocycles. The van der Waals surface area contributed by atoms with Gasteiger partial charge in [0.25, 0.3) is 0 Å². The molecule has 0 unspecified atom stereocenters. The van der Waals surface area contributed by atoms with Crippen molar-refractivity contribution in [1.29, 1.82) is 0 Å². The number of hydrogen-bond donors (Lipinski definition) is 0. The predicted molar refractivity (Wildman–Crippen MR) is 85.5 cm³/mol. The lowest BCUT2D eigenvalue weighted by atomic mass is 10.1. The van der Waals surface area contributed by atoms with E-state index in [1.165, 1.54) is 0 Å². The Bertz CT molecular complexity index is 615. The predicted octanol–water partition coefficient (Wildman–Crippen LogP) is 3.83. The number of thioether (sulfide) groups is 1. The molecule has 0 saturated carbocycles. The number of nitrogens with zero attached hydrogens (tertiary/aromatic N) is 4. The monoisotopic (exact) mass is 352 g/mol. The SMILES string of the molecule is CC(C)(C)N1CSc2nnc(-c3ccc(Br)cc3)n2C1. The molecule has 2 aromatic rings. The van der Waals surface area contributed by atoms with Gasteiger partial charge in [-0.1, -0.05) is 39.8 Å². The first-order valence-electron chi connectivity index (χ1n) is 6.52. The molecule has 106 valence electrons. The van der Waals surface area contributed by atoms with Crippen molar-refractivity contribution in [3.63, 3.8) is 0 Å². The van der Waals surface area contributed by atoms with Gasteiger partial charge in [0.15, 0.2) is 11.0 Å². The molecule has 20 heavy (non-hydrogen) atoms. The van der Waals surface area contributed by atoms with Crippen LogP contribution in [0.15, 0.2) is 33.9 Å². The second-order valence-corrected chi connectivity index (χ2v) is 7.69. The minimum Gasteiger partial charge on any atom is -0.288 e. The molecule has 0 bridgehead atoms. The Morgan fingerprint density at radius 2 is 1.85 bits per heavy atom. The summed E-state index contributed by atoms with van der Waals surface area (Å²) in [7, 11) is 0. The van der Waals surface area contributed by atoms with Gasteiger partial charge in [-0.05, 0) is 32.9 Å². The molecule has 6 heteroatoms. The highest BCUT2D eigenvalue weighted by Gasteiger charge is 2.28. The summed E-state index contributed by atoms with van der Waals surface area (Å²) in [6.07, 6.45) is 0. The lowest BCUT2D eigenvalue weighted by Crippen LogP contribution is -2.44. The number of aromatic nitrogens is 3. The molecule has 4 nitrogen and oxygen atoms in total. The molecule has 0 N–H and O–H groups in total. The fourth-order valence-electron chi connectivity index (χ4n) is 2.09. The van der Waals surface area contributed by atoms with Crippen molar-refractivity contribution in [1.82, 2.24) is 19.7 Å². The van der Waals surface area contributed by atoms with Gasteiger partial charge >= 0.3 is 0 Å². The lowest BCUT2D eigenvalue weighted by Gasteiger charge is -2.38. The van der Waals surface area contributed by atoms with Crippen molar-refractivity contribution < 1.29 is 0 Å². The van der Waals surface area contributed by atoms with Crippen molar-refractivity contribution in [3.05, 3.63) is 28.7 Å². The Morgan fingerprint density at radius 3 is 2.50 bits per heavy atom. The Kier molecular flexibility index (Phi) is 3.64. The largest absolute Gasteiger partial charge is 0.288 e. The van der Waals surface area contributed by atoms with Crippen LogP contribution in [0.2, 0.25) is 0 Å². The number of halogens is 1. The van der Waals surface area contributed by atoms with Crippen LogP contribution in [0.3, 0.4) is 0 Å². The number of benzene rings is 1. The van der Waals surface area contributed by atoms with Crippen molar-refractivity contribution in [2.75, 3.05) is 5.88 Å². The van der Waals surface area contributed by atoms with E-state index < -0.39 is 0 Å². The van der Waals surface area contributed by atoms with E-state index in [4.69, 9.17) is 0 Å². The first-order chi connectivity index (χ1) is 9.45. The maximum atomic E-state index is 4.36. The van der Waals surface area contributed by atoms with Crippen LogP contribution in [0.25, 0.3) is 11.4 Å². The molecule has 3 rings (SSSR count). The third-order valence-electron chi connectivity index (χ3n) is 3.43. The minimum atomic E-state index is 0.145. The maximum Gasteiger partial charge on any atom is 0.193 e. The van der Waals surface area contributed by atoms with E-state index >= 15 is 0 Å². The molecular weight excluding hydrogens is 336 g/mol. The van der Waals surface area contributed by atoms with Gasteiger partial charge in [-0.3, -0.25) is 9.47 Å². The summed E-state index contributed by atoms with van der Waals surface area (Å²) < 4.78 is 3.27. The van der Waals surface area contributed by atoms with Crippen LogP contribution in [0.5, 0.6) is 0 Å². The third kappa shape index (κ3) is 2.64. The minimum absolute atomic E-state index is 0.145. The van der Waals surface area contributed by atoms with Gasteiger partial charge in [-0.15, -0.1) is 10.2 Å². The standard InChI is InChI=1S/C14H17BrN4S/c1-14(2,3)18-8-19-12(16-17-13(19)20-9-18)10-4-6-11(15)7-5-10/h4-7H,8-9H2,1-3H3. The first-order valence-corrected chi connectivity index (χ1v) is 8.30. The Labute approximate surface area is 131 Å². The van der Waals surface area contributed by atoms with E-state index in [-0.39, 0.29) is 5.54 Å². The second-order valence-electron chi connectivity index (χ2n) is 5.87. The van der Waals surface area contributed by atoms with Crippen LogP contribution >= 0.6 is 27.7 Å². The summed E-state index contributed by atoms with van der Waals surface area (Å²) in [4.78, 5) is 2.43. The molecule has 0 saturated heterocycles. The van der Waals surface area contributed by atoms with Gasteiger partial charge in [0.1, 0.15) is 0 Å².